The Labute approximate surface area is 95.3 Å². The van der Waals surface area contributed by atoms with Gasteiger partial charge in [-0.1, -0.05) is 0 Å². The Bertz CT molecular complexity index is 549. The number of hydrogen-bond donors (Lipinski definition) is 1. The molecule has 0 aliphatic rings. The van der Waals surface area contributed by atoms with E-state index < -0.39 is 23.6 Å². The molecule has 17 heavy (non-hydrogen) atoms. The molecule has 1 aromatic heterocycles. The van der Waals surface area contributed by atoms with Crippen molar-refractivity contribution in [1.82, 2.24) is 0 Å². The molecule has 0 spiro atoms. The van der Waals surface area contributed by atoms with E-state index in [1.54, 1.807) is 13.0 Å². The number of hydrogen-bond acceptors (Lipinski definition) is 2. The van der Waals surface area contributed by atoms with Crippen molar-refractivity contribution in [2.75, 3.05) is 0 Å². The first-order chi connectivity index (χ1) is 7.99. The fourth-order valence-electron chi connectivity index (χ4n) is 1.50. The second-order valence-electron chi connectivity index (χ2n) is 3.64. The molecule has 5 heteroatoms. The van der Waals surface area contributed by atoms with Crippen LogP contribution in [-0.2, 0) is 0 Å². The Morgan fingerprint density at radius 1 is 1.06 bits per heavy atom. The van der Waals surface area contributed by atoms with Crippen LogP contribution in [0.5, 0.6) is 0 Å². The molecule has 2 nitrogen and oxygen atoms in total. The molecule has 1 aromatic carbocycles. The van der Waals surface area contributed by atoms with Crippen LogP contribution in [0.25, 0.3) is 0 Å². The van der Waals surface area contributed by atoms with E-state index in [0.717, 1.165) is 0 Å². The van der Waals surface area contributed by atoms with Crippen molar-refractivity contribution in [2.45, 2.75) is 13.0 Å². The van der Waals surface area contributed by atoms with E-state index in [1.165, 1.54) is 6.07 Å². The summed E-state index contributed by atoms with van der Waals surface area (Å²) in [4.78, 5) is 0. The first kappa shape index (κ1) is 11.7. The molecule has 1 atom stereocenters. The minimum atomic E-state index is -1.46. The summed E-state index contributed by atoms with van der Waals surface area (Å²) in [6, 6.07) is 4.04. The zero-order valence-corrected chi connectivity index (χ0v) is 8.88. The van der Waals surface area contributed by atoms with Gasteiger partial charge >= 0.3 is 0 Å². The van der Waals surface area contributed by atoms with Crippen LogP contribution in [-0.4, -0.2) is 5.11 Å². The van der Waals surface area contributed by atoms with Crippen LogP contribution >= 0.6 is 0 Å². The Kier molecular flexibility index (Phi) is 2.93. The van der Waals surface area contributed by atoms with Gasteiger partial charge in [0, 0.05) is 11.6 Å². The summed E-state index contributed by atoms with van der Waals surface area (Å²) in [5.74, 6) is -2.93. The molecule has 0 saturated heterocycles. The van der Waals surface area contributed by atoms with E-state index in [9.17, 15) is 18.3 Å². The van der Waals surface area contributed by atoms with Crippen LogP contribution in [0.1, 0.15) is 23.2 Å². The molecule has 0 bridgehead atoms. The molecule has 0 aliphatic heterocycles. The third-order valence-electron chi connectivity index (χ3n) is 2.36. The molecule has 90 valence electrons. The molecular formula is C12H9F3O2. The van der Waals surface area contributed by atoms with Crippen LogP contribution in [0, 0.1) is 24.4 Å². The molecular weight excluding hydrogens is 233 g/mol. The average molecular weight is 242 g/mol. The van der Waals surface area contributed by atoms with Gasteiger partial charge in [0.05, 0.1) is 0 Å². The van der Waals surface area contributed by atoms with Gasteiger partial charge in [-0.05, 0) is 25.1 Å². The summed E-state index contributed by atoms with van der Waals surface area (Å²) in [6.07, 6.45) is -1.46. The summed E-state index contributed by atoms with van der Waals surface area (Å²) in [5, 5.41) is 9.78. The van der Waals surface area contributed by atoms with Crippen LogP contribution in [0.4, 0.5) is 13.2 Å². The SMILES string of the molecule is Cc1ccc(C(O)c2cc(F)c(F)cc2F)o1. The third-order valence-corrected chi connectivity index (χ3v) is 2.36. The Morgan fingerprint density at radius 3 is 2.29 bits per heavy atom. The van der Waals surface area contributed by atoms with Crippen molar-refractivity contribution in [3.05, 3.63) is 58.8 Å². The lowest BCUT2D eigenvalue weighted by Gasteiger charge is -2.09. The molecule has 1 N–H and O–H groups in total. The molecule has 0 radical (unpaired) electrons. The largest absolute Gasteiger partial charge is 0.463 e. The Hall–Kier alpha value is -1.75. The van der Waals surface area contributed by atoms with Gasteiger partial charge < -0.3 is 9.52 Å². The van der Waals surface area contributed by atoms with Crippen molar-refractivity contribution in [3.63, 3.8) is 0 Å². The van der Waals surface area contributed by atoms with E-state index in [-0.39, 0.29) is 11.3 Å². The summed E-state index contributed by atoms with van der Waals surface area (Å²) < 4.78 is 44.1. The number of aryl methyl sites for hydroxylation is 1. The molecule has 0 saturated carbocycles. The monoisotopic (exact) mass is 242 g/mol. The highest BCUT2D eigenvalue weighted by atomic mass is 19.2. The zero-order chi connectivity index (χ0) is 12.6. The van der Waals surface area contributed by atoms with Gasteiger partial charge in [0.1, 0.15) is 23.4 Å². The lowest BCUT2D eigenvalue weighted by molar-refractivity contribution is 0.182. The maximum Gasteiger partial charge on any atom is 0.161 e. The predicted octanol–water partition coefficient (Wildman–Crippen LogP) is 3.09. The van der Waals surface area contributed by atoms with Gasteiger partial charge in [-0.3, -0.25) is 0 Å². The fourth-order valence-corrected chi connectivity index (χ4v) is 1.50. The summed E-state index contributed by atoms with van der Waals surface area (Å²) in [7, 11) is 0. The van der Waals surface area contributed by atoms with Gasteiger partial charge in [-0.2, -0.15) is 0 Å². The summed E-state index contributed by atoms with van der Waals surface area (Å²) in [6.45, 7) is 1.65. The molecule has 2 rings (SSSR count). The Balaban J connectivity index is 2.43. The van der Waals surface area contributed by atoms with Crippen molar-refractivity contribution >= 4 is 0 Å². The quantitative estimate of drug-likeness (QED) is 0.821. The average Bonchev–Trinajstić information content (AvgIpc) is 2.69. The van der Waals surface area contributed by atoms with E-state index in [1.807, 2.05) is 0 Å². The van der Waals surface area contributed by atoms with Gasteiger partial charge in [0.25, 0.3) is 0 Å². The first-order valence-electron chi connectivity index (χ1n) is 4.88. The van der Waals surface area contributed by atoms with Crippen LogP contribution in [0.3, 0.4) is 0 Å². The van der Waals surface area contributed by atoms with Crippen molar-refractivity contribution in [2.24, 2.45) is 0 Å². The number of benzene rings is 1. The van der Waals surface area contributed by atoms with Crippen molar-refractivity contribution < 1.29 is 22.7 Å². The van der Waals surface area contributed by atoms with Crippen LogP contribution in [0.15, 0.2) is 28.7 Å². The predicted molar refractivity (Wildman–Crippen MR) is 53.8 cm³/mol. The molecule has 1 unspecified atom stereocenters. The van der Waals surface area contributed by atoms with Gasteiger partial charge in [-0.15, -0.1) is 0 Å². The summed E-state index contributed by atoms with van der Waals surface area (Å²) in [5.41, 5.74) is -0.363. The molecule has 1 heterocycles. The van der Waals surface area contributed by atoms with E-state index in [0.29, 0.717) is 17.9 Å². The maximum absolute atomic E-state index is 13.4. The normalized spacial score (nSPS) is 12.8. The smallest absolute Gasteiger partial charge is 0.161 e. The number of rotatable bonds is 2. The van der Waals surface area contributed by atoms with Gasteiger partial charge in [0.2, 0.25) is 0 Å². The zero-order valence-electron chi connectivity index (χ0n) is 8.88. The van der Waals surface area contributed by atoms with E-state index >= 15 is 0 Å². The lowest BCUT2D eigenvalue weighted by atomic mass is 10.1. The van der Waals surface area contributed by atoms with Crippen LogP contribution < -0.4 is 0 Å². The van der Waals surface area contributed by atoms with Crippen molar-refractivity contribution in [3.8, 4) is 0 Å². The van der Waals surface area contributed by atoms with E-state index in [4.69, 9.17) is 4.42 Å². The number of furan rings is 1. The number of aliphatic hydroxyl groups is 1. The lowest BCUT2D eigenvalue weighted by Crippen LogP contribution is -2.03. The topological polar surface area (TPSA) is 33.4 Å². The second-order valence-corrected chi connectivity index (χ2v) is 3.64. The molecule has 0 amide bonds. The summed E-state index contributed by atoms with van der Waals surface area (Å²) >= 11 is 0. The number of halogens is 3. The van der Waals surface area contributed by atoms with Gasteiger partial charge in [0.15, 0.2) is 11.6 Å². The molecule has 0 aliphatic carbocycles. The maximum atomic E-state index is 13.4. The highest BCUT2D eigenvalue weighted by molar-refractivity contribution is 5.28. The molecule has 0 fully saturated rings. The van der Waals surface area contributed by atoms with Crippen molar-refractivity contribution in [1.29, 1.82) is 0 Å². The Morgan fingerprint density at radius 2 is 1.71 bits per heavy atom. The highest BCUT2D eigenvalue weighted by Gasteiger charge is 2.20. The minimum absolute atomic E-state index is 0.0763. The number of aliphatic hydroxyl groups excluding tert-OH is 1. The minimum Gasteiger partial charge on any atom is -0.463 e. The van der Waals surface area contributed by atoms with E-state index in [2.05, 4.69) is 0 Å². The first-order valence-corrected chi connectivity index (χ1v) is 4.88. The van der Waals surface area contributed by atoms with Crippen LogP contribution in [0.2, 0.25) is 0 Å². The fraction of sp³-hybridized carbons (Fsp3) is 0.167. The highest BCUT2D eigenvalue weighted by Crippen LogP contribution is 2.27. The third kappa shape index (κ3) is 2.19. The standard InChI is InChI=1S/C12H9F3O2/c1-6-2-3-11(17-6)12(16)7-4-9(14)10(15)5-8(7)13/h2-5,12,16H,1H3. The van der Waals surface area contributed by atoms with Gasteiger partial charge in [-0.25, -0.2) is 13.2 Å². The second kappa shape index (κ2) is 4.25. The molecule has 2 aromatic rings.